The number of hydrogen-bond donors (Lipinski definition) is 1. The molecule has 1 N–H and O–H groups in total. The number of aromatic nitrogens is 2. The second-order valence-electron chi connectivity index (χ2n) is 5.99. The Morgan fingerprint density at radius 1 is 1.03 bits per heavy atom. The SMILES string of the molecule is O=C(Cn1cnc(-c2ccc(C(F)(F)F)cc2)cc1=O)Nc1ccc(F)cc1F. The summed E-state index contributed by atoms with van der Waals surface area (Å²) in [5.41, 5.74) is -1.30. The third-order valence-electron chi connectivity index (χ3n) is 3.91. The molecule has 0 spiro atoms. The lowest BCUT2D eigenvalue weighted by Gasteiger charge is -2.09. The molecular formula is C19H12F5N3O2. The molecule has 0 bridgehead atoms. The largest absolute Gasteiger partial charge is 0.416 e. The molecule has 3 rings (SSSR count). The van der Waals surface area contributed by atoms with Crippen molar-refractivity contribution in [1.29, 1.82) is 0 Å². The molecule has 0 atom stereocenters. The summed E-state index contributed by atoms with van der Waals surface area (Å²) < 4.78 is 65.2. The highest BCUT2D eigenvalue weighted by Crippen LogP contribution is 2.30. The number of amides is 1. The number of anilines is 1. The van der Waals surface area contributed by atoms with Crippen molar-refractivity contribution in [2.24, 2.45) is 0 Å². The maximum Gasteiger partial charge on any atom is 0.416 e. The van der Waals surface area contributed by atoms with Crippen LogP contribution in [0.5, 0.6) is 0 Å². The molecule has 150 valence electrons. The van der Waals surface area contributed by atoms with E-state index in [1.807, 2.05) is 0 Å². The zero-order valence-electron chi connectivity index (χ0n) is 14.5. The van der Waals surface area contributed by atoms with Gasteiger partial charge in [0.1, 0.15) is 18.2 Å². The van der Waals surface area contributed by atoms with E-state index in [4.69, 9.17) is 0 Å². The molecule has 0 aliphatic heterocycles. The first-order valence-corrected chi connectivity index (χ1v) is 8.12. The van der Waals surface area contributed by atoms with Gasteiger partial charge in [-0.2, -0.15) is 13.2 Å². The molecule has 1 aromatic heterocycles. The van der Waals surface area contributed by atoms with Crippen LogP contribution in [-0.4, -0.2) is 15.5 Å². The normalized spacial score (nSPS) is 11.3. The van der Waals surface area contributed by atoms with Gasteiger partial charge >= 0.3 is 6.18 Å². The standard InChI is InChI=1S/C19H12F5N3O2/c20-13-5-6-15(14(21)7-13)26-17(28)9-27-10-25-16(8-18(27)29)11-1-3-12(4-2-11)19(22,23)24/h1-8,10H,9H2,(H,26,28). The van der Waals surface area contributed by atoms with Crippen LogP contribution in [0, 0.1) is 11.6 Å². The number of nitrogens with zero attached hydrogens (tertiary/aromatic N) is 2. The van der Waals surface area contributed by atoms with Crippen LogP contribution in [0.2, 0.25) is 0 Å². The first-order chi connectivity index (χ1) is 13.6. The van der Waals surface area contributed by atoms with Crippen LogP contribution in [0.4, 0.5) is 27.6 Å². The van der Waals surface area contributed by atoms with Crippen molar-refractivity contribution in [2.75, 3.05) is 5.32 Å². The molecule has 29 heavy (non-hydrogen) atoms. The van der Waals surface area contributed by atoms with Gasteiger partial charge < -0.3 is 5.32 Å². The van der Waals surface area contributed by atoms with E-state index in [1.54, 1.807) is 0 Å². The van der Waals surface area contributed by atoms with E-state index in [0.29, 0.717) is 11.6 Å². The van der Waals surface area contributed by atoms with Gasteiger partial charge in [0, 0.05) is 17.7 Å². The fourth-order valence-corrected chi connectivity index (χ4v) is 2.47. The number of carbonyl (C=O) groups is 1. The zero-order valence-corrected chi connectivity index (χ0v) is 14.5. The van der Waals surface area contributed by atoms with Crippen LogP contribution >= 0.6 is 0 Å². The van der Waals surface area contributed by atoms with Crippen molar-refractivity contribution < 1.29 is 26.7 Å². The van der Waals surface area contributed by atoms with Gasteiger partial charge in [0.05, 0.1) is 23.3 Å². The Kier molecular flexibility index (Phi) is 5.44. The maximum absolute atomic E-state index is 13.6. The van der Waals surface area contributed by atoms with E-state index >= 15 is 0 Å². The second-order valence-corrected chi connectivity index (χ2v) is 5.99. The van der Waals surface area contributed by atoms with E-state index in [2.05, 4.69) is 10.3 Å². The summed E-state index contributed by atoms with van der Waals surface area (Å²) in [6.07, 6.45) is -3.43. The number of rotatable bonds is 4. The predicted octanol–water partition coefficient (Wildman–Crippen LogP) is 3.85. The highest BCUT2D eigenvalue weighted by atomic mass is 19.4. The summed E-state index contributed by atoms with van der Waals surface area (Å²) in [6.45, 7) is -0.490. The summed E-state index contributed by atoms with van der Waals surface area (Å²) in [7, 11) is 0. The fourth-order valence-electron chi connectivity index (χ4n) is 2.47. The van der Waals surface area contributed by atoms with Crippen molar-refractivity contribution in [3.05, 3.63) is 82.4 Å². The summed E-state index contributed by atoms with van der Waals surface area (Å²) in [5.74, 6) is -2.53. The molecule has 0 radical (unpaired) electrons. The fraction of sp³-hybridized carbons (Fsp3) is 0.105. The molecule has 0 aliphatic carbocycles. The lowest BCUT2D eigenvalue weighted by Crippen LogP contribution is -2.27. The van der Waals surface area contributed by atoms with Crippen LogP contribution in [0.3, 0.4) is 0 Å². The van der Waals surface area contributed by atoms with E-state index in [9.17, 15) is 31.5 Å². The molecule has 0 aliphatic rings. The first kappa shape index (κ1) is 20.2. The molecule has 3 aromatic rings. The quantitative estimate of drug-likeness (QED) is 0.666. The Morgan fingerprint density at radius 2 is 1.72 bits per heavy atom. The predicted molar refractivity (Wildman–Crippen MR) is 93.9 cm³/mol. The number of carbonyl (C=O) groups excluding carboxylic acids is 1. The second kappa shape index (κ2) is 7.82. The van der Waals surface area contributed by atoms with Gasteiger partial charge in [0.25, 0.3) is 5.56 Å². The average molecular weight is 409 g/mol. The summed E-state index contributed by atoms with van der Waals surface area (Å²) >= 11 is 0. The summed E-state index contributed by atoms with van der Waals surface area (Å²) in [5, 5.41) is 2.21. The van der Waals surface area contributed by atoms with Gasteiger partial charge in [-0.25, -0.2) is 13.8 Å². The topological polar surface area (TPSA) is 64.0 Å². The molecular weight excluding hydrogens is 397 g/mol. The Hall–Kier alpha value is -3.56. The Bertz CT molecular complexity index is 1110. The lowest BCUT2D eigenvalue weighted by atomic mass is 10.1. The van der Waals surface area contributed by atoms with Crippen LogP contribution in [0.25, 0.3) is 11.3 Å². The smallest absolute Gasteiger partial charge is 0.322 e. The number of alkyl halides is 3. The van der Waals surface area contributed by atoms with E-state index in [-0.39, 0.29) is 11.4 Å². The summed E-state index contributed by atoms with van der Waals surface area (Å²) in [6, 6.07) is 7.76. The molecule has 1 heterocycles. The van der Waals surface area contributed by atoms with Gasteiger partial charge in [-0.1, -0.05) is 12.1 Å². The third kappa shape index (κ3) is 4.84. The Morgan fingerprint density at radius 3 is 2.31 bits per heavy atom. The number of halogens is 5. The van der Waals surface area contributed by atoms with Gasteiger partial charge in [0.2, 0.25) is 5.91 Å². The van der Waals surface area contributed by atoms with Crippen molar-refractivity contribution in [1.82, 2.24) is 9.55 Å². The van der Waals surface area contributed by atoms with E-state index in [1.165, 1.54) is 12.1 Å². The van der Waals surface area contributed by atoms with Gasteiger partial charge in [-0.15, -0.1) is 0 Å². The van der Waals surface area contributed by atoms with Crippen molar-refractivity contribution >= 4 is 11.6 Å². The molecule has 10 heteroatoms. The maximum atomic E-state index is 13.6. The third-order valence-corrected chi connectivity index (χ3v) is 3.91. The Balaban J connectivity index is 1.74. The van der Waals surface area contributed by atoms with Crippen LogP contribution in [0.1, 0.15) is 5.56 Å². The average Bonchev–Trinajstić information content (AvgIpc) is 2.65. The van der Waals surface area contributed by atoms with Crippen LogP contribution in [-0.2, 0) is 17.5 Å². The monoisotopic (exact) mass is 409 g/mol. The van der Waals surface area contributed by atoms with Gasteiger partial charge in [0.15, 0.2) is 0 Å². The molecule has 0 fully saturated rings. The van der Waals surface area contributed by atoms with E-state index < -0.39 is 41.4 Å². The summed E-state index contributed by atoms with van der Waals surface area (Å²) in [4.78, 5) is 28.1. The van der Waals surface area contributed by atoms with Crippen molar-refractivity contribution in [3.8, 4) is 11.3 Å². The molecule has 0 saturated heterocycles. The minimum atomic E-state index is -4.48. The molecule has 0 unspecified atom stereocenters. The lowest BCUT2D eigenvalue weighted by molar-refractivity contribution is -0.137. The number of nitrogens with one attached hydrogen (secondary N) is 1. The zero-order chi connectivity index (χ0) is 21.2. The Labute approximate surface area is 160 Å². The van der Waals surface area contributed by atoms with Gasteiger partial charge in [-0.05, 0) is 24.3 Å². The van der Waals surface area contributed by atoms with E-state index in [0.717, 1.165) is 41.2 Å². The highest BCUT2D eigenvalue weighted by Gasteiger charge is 2.30. The van der Waals surface area contributed by atoms with Crippen LogP contribution < -0.4 is 10.9 Å². The number of hydrogen-bond acceptors (Lipinski definition) is 3. The first-order valence-electron chi connectivity index (χ1n) is 8.12. The van der Waals surface area contributed by atoms with Crippen molar-refractivity contribution in [3.63, 3.8) is 0 Å². The molecule has 1 amide bonds. The van der Waals surface area contributed by atoms with Crippen molar-refractivity contribution in [2.45, 2.75) is 12.7 Å². The molecule has 5 nitrogen and oxygen atoms in total. The number of benzene rings is 2. The van der Waals surface area contributed by atoms with Gasteiger partial charge in [-0.3, -0.25) is 14.2 Å². The molecule has 0 saturated carbocycles. The van der Waals surface area contributed by atoms with Crippen LogP contribution in [0.15, 0.2) is 59.7 Å². The highest BCUT2D eigenvalue weighted by molar-refractivity contribution is 5.90. The molecule has 2 aromatic carbocycles. The minimum absolute atomic E-state index is 0.130. The minimum Gasteiger partial charge on any atom is -0.322 e.